The predicted octanol–water partition coefficient (Wildman–Crippen LogP) is 1.46. The van der Waals surface area contributed by atoms with Crippen LogP contribution in [-0.4, -0.2) is 43.4 Å². The van der Waals surface area contributed by atoms with Crippen molar-refractivity contribution >= 4 is 43.4 Å². The second-order valence-electron chi connectivity index (χ2n) is 3.09. The fourth-order valence-corrected chi connectivity index (χ4v) is 3.25. The minimum Gasteiger partial charge on any atom is -0.182 e. The van der Waals surface area contributed by atoms with E-state index in [9.17, 15) is 0 Å². The first-order chi connectivity index (χ1) is 5.45. The number of hydrogen-bond acceptors (Lipinski definition) is 0. The van der Waals surface area contributed by atoms with Gasteiger partial charge in [-0.15, -0.1) is 0 Å². The summed E-state index contributed by atoms with van der Waals surface area (Å²) < 4.78 is 3.39. The molecular weight excluding hydrogens is 169 g/mol. The Kier molecular flexibility index (Phi) is 4.64. The van der Waals surface area contributed by atoms with Gasteiger partial charge in [0.25, 0.3) is 0 Å². The third kappa shape index (κ3) is 2.76. The van der Waals surface area contributed by atoms with Gasteiger partial charge in [-0.1, -0.05) is 36.5 Å². The summed E-state index contributed by atoms with van der Waals surface area (Å²) in [6.45, 7) is 0. The number of allylic oxidation sites excluding steroid dienone is 8. The molecule has 2 aliphatic carbocycles. The third-order valence-electron chi connectivity index (χ3n) is 2.15. The second-order valence-corrected chi connectivity index (χ2v) is 5.26. The number of rotatable bonds is 2. The van der Waals surface area contributed by atoms with Crippen LogP contribution < -0.4 is 0 Å². The minimum atomic E-state index is -0.0386. The SMILES string of the molecule is C1=CC[C]([Mg][C]2=CC=CC2)=C1.[MgH2]. The summed E-state index contributed by atoms with van der Waals surface area (Å²) in [6.07, 6.45) is 15.9. The summed E-state index contributed by atoms with van der Waals surface area (Å²) in [7, 11) is 0. The lowest BCUT2D eigenvalue weighted by Crippen LogP contribution is -1.96. The molecule has 0 bridgehead atoms. The van der Waals surface area contributed by atoms with E-state index in [0.717, 1.165) is 0 Å². The average Bonchev–Trinajstić information content (AvgIpc) is 2.60. The van der Waals surface area contributed by atoms with Gasteiger partial charge in [0.1, 0.15) is 0 Å². The normalized spacial score (nSPS) is 18.3. The molecular formula is C10H12Mg2. The van der Waals surface area contributed by atoms with Gasteiger partial charge in [0.15, 0.2) is 0 Å². The molecule has 2 heteroatoms. The van der Waals surface area contributed by atoms with Gasteiger partial charge in [-0.3, -0.25) is 0 Å². The quantitative estimate of drug-likeness (QED) is 0.565. The molecule has 0 saturated heterocycles. The Bertz CT molecular complexity index is 242. The molecule has 0 aromatic rings. The van der Waals surface area contributed by atoms with Gasteiger partial charge in [-0.05, 0) is 12.8 Å². The maximum absolute atomic E-state index is 2.30. The van der Waals surface area contributed by atoms with Crippen LogP contribution in [0.1, 0.15) is 12.8 Å². The fourth-order valence-electron chi connectivity index (χ4n) is 1.54. The van der Waals surface area contributed by atoms with Crippen molar-refractivity contribution in [2.24, 2.45) is 0 Å². The molecule has 0 fully saturated rings. The largest absolute Gasteiger partial charge is 0.438 e. The molecule has 0 saturated carbocycles. The highest BCUT2D eigenvalue weighted by Gasteiger charge is 2.08. The van der Waals surface area contributed by atoms with E-state index in [-0.39, 0.29) is 43.4 Å². The Morgan fingerprint density at radius 2 is 1.42 bits per heavy atom. The lowest BCUT2D eigenvalue weighted by atomic mass is 10.5. The van der Waals surface area contributed by atoms with Crippen LogP contribution in [0.5, 0.6) is 0 Å². The van der Waals surface area contributed by atoms with E-state index in [2.05, 4.69) is 36.5 Å². The third-order valence-corrected chi connectivity index (χ3v) is 4.11. The molecule has 0 aromatic heterocycles. The van der Waals surface area contributed by atoms with Crippen LogP contribution in [0.3, 0.4) is 0 Å². The van der Waals surface area contributed by atoms with Crippen LogP contribution in [0.2, 0.25) is 0 Å². The van der Waals surface area contributed by atoms with Crippen molar-refractivity contribution in [3.63, 3.8) is 0 Å². The molecule has 0 amide bonds. The van der Waals surface area contributed by atoms with Crippen LogP contribution >= 0.6 is 0 Å². The van der Waals surface area contributed by atoms with E-state index in [1.54, 1.807) is 7.40 Å². The van der Waals surface area contributed by atoms with E-state index >= 15 is 0 Å². The summed E-state index contributed by atoms with van der Waals surface area (Å²) >= 11 is -0.0386. The fraction of sp³-hybridized carbons (Fsp3) is 0.200. The maximum Gasteiger partial charge on any atom is 0.438 e. The average molecular weight is 181 g/mol. The molecule has 0 spiro atoms. The van der Waals surface area contributed by atoms with Crippen LogP contribution in [0.4, 0.5) is 0 Å². The first-order valence-corrected chi connectivity index (χ1v) is 5.56. The van der Waals surface area contributed by atoms with Crippen molar-refractivity contribution in [3.8, 4) is 0 Å². The Balaban J connectivity index is 0.000000720. The molecule has 0 atom stereocenters. The molecule has 0 aliphatic heterocycles. The Labute approximate surface area is 99.4 Å². The minimum absolute atomic E-state index is 0. The zero-order valence-electron chi connectivity index (χ0n) is 6.59. The van der Waals surface area contributed by atoms with E-state index in [4.69, 9.17) is 0 Å². The van der Waals surface area contributed by atoms with Gasteiger partial charge < -0.3 is 0 Å². The molecule has 0 aromatic carbocycles. The Morgan fingerprint density at radius 3 is 1.75 bits per heavy atom. The highest BCUT2D eigenvalue weighted by Crippen LogP contribution is 2.16. The summed E-state index contributed by atoms with van der Waals surface area (Å²) in [4.78, 5) is 0. The van der Waals surface area contributed by atoms with Gasteiger partial charge >= 0.3 is 43.4 Å². The van der Waals surface area contributed by atoms with E-state index in [1.807, 2.05) is 0 Å². The summed E-state index contributed by atoms with van der Waals surface area (Å²) in [5.74, 6) is 0. The lowest BCUT2D eigenvalue weighted by molar-refractivity contribution is 1.35. The highest BCUT2D eigenvalue weighted by molar-refractivity contribution is 6.54. The Hall–Kier alpha value is 0.492. The highest BCUT2D eigenvalue weighted by atomic mass is 24.5. The predicted molar refractivity (Wildman–Crippen MR) is 58.0 cm³/mol. The Morgan fingerprint density at radius 1 is 0.917 bits per heavy atom. The molecule has 56 valence electrons. The summed E-state index contributed by atoms with van der Waals surface area (Å²) in [5, 5.41) is 0. The van der Waals surface area contributed by atoms with Crippen molar-refractivity contribution in [1.29, 1.82) is 0 Å². The monoisotopic (exact) mass is 180 g/mol. The van der Waals surface area contributed by atoms with Crippen LogP contribution in [0.25, 0.3) is 0 Å². The van der Waals surface area contributed by atoms with E-state index < -0.39 is 0 Å². The van der Waals surface area contributed by atoms with Crippen molar-refractivity contribution in [2.75, 3.05) is 0 Å². The van der Waals surface area contributed by atoms with Gasteiger partial charge in [0.05, 0.1) is 0 Å². The zero-order chi connectivity index (χ0) is 7.52. The van der Waals surface area contributed by atoms with Crippen LogP contribution in [-0.2, 0) is 0 Å². The van der Waals surface area contributed by atoms with Crippen LogP contribution in [0, 0.1) is 0 Å². The van der Waals surface area contributed by atoms with Crippen LogP contribution in [0.15, 0.2) is 43.9 Å². The topological polar surface area (TPSA) is 0 Å². The number of hydrogen-bond donors (Lipinski definition) is 0. The zero-order valence-corrected chi connectivity index (χ0v) is 8.00. The van der Waals surface area contributed by atoms with E-state index in [0.29, 0.717) is 0 Å². The first kappa shape index (κ1) is 10.6. The van der Waals surface area contributed by atoms with Gasteiger partial charge in [0.2, 0.25) is 0 Å². The molecule has 12 heavy (non-hydrogen) atoms. The maximum atomic E-state index is 2.30. The molecule has 2 aliphatic rings. The molecule has 0 unspecified atom stereocenters. The van der Waals surface area contributed by atoms with Crippen molar-refractivity contribution in [1.82, 2.24) is 0 Å². The molecule has 0 nitrogen and oxygen atoms in total. The van der Waals surface area contributed by atoms with Gasteiger partial charge in [0, 0.05) is 0 Å². The molecule has 0 heterocycles. The molecule has 2 rings (SSSR count). The summed E-state index contributed by atoms with van der Waals surface area (Å²) in [6, 6.07) is 0. The molecule has 0 radical (unpaired) electrons. The van der Waals surface area contributed by atoms with Crippen molar-refractivity contribution in [3.05, 3.63) is 43.9 Å². The lowest BCUT2D eigenvalue weighted by Gasteiger charge is -1.99. The first-order valence-electron chi connectivity index (χ1n) is 4.14. The van der Waals surface area contributed by atoms with Gasteiger partial charge in [-0.2, -0.15) is 7.40 Å². The standard InChI is InChI=1S/2C5H5.2Mg.2H/c2*1-2-4-5-3-1;;;;/h2*1-3H,4H2;;;;. The van der Waals surface area contributed by atoms with Gasteiger partial charge in [-0.25, -0.2) is 0 Å². The summed E-state index contributed by atoms with van der Waals surface area (Å²) in [5.41, 5.74) is 0. The van der Waals surface area contributed by atoms with E-state index in [1.165, 1.54) is 12.8 Å². The van der Waals surface area contributed by atoms with Crippen molar-refractivity contribution in [2.45, 2.75) is 12.8 Å². The van der Waals surface area contributed by atoms with Crippen molar-refractivity contribution < 1.29 is 0 Å². The second kappa shape index (κ2) is 5.27. The smallest absolute Gasteiger partial charge is 0.182 e. The molecule has 0 N–H and O–H groups in total.